The largest absolute Gasteiger partial charge is 0.462 e. The zero-order chi connectivity index (χ0) is 14.8. The van der Waals surface area contributed by atoms with E-state index in [0.29, 0.717) is 30.2 Å². The molecule has 3 rings (SSSR count). The van der Waals surface area contributed by atoms with Crippen molar-refractivity contribution in [2.24, 2.45) is 5.92 Å². The molecule has 1 fully saturated rings. The Kier molecular flexibility index (Phi) is 3.94. The molecule has 0 saturated carbocycles. The van der Waals surface area contributed by atoms with Crippen LogP contribution in [0.15, 0.2) is 30.5 Å². The Morgan fingerprint density at radius 3 is 2.71 bits per heavy atom. The predicted molar refractivity (Wildman–Crippen MR) is 81.9 cm³/mol. The molecule has 0 amide bonds. The molecule has 2 heterocycles. The zero-order valence-electron chi connectivity index (χ0n) is 12.3. The molecule has 1 saturated heterocycles. The summed E-state index contributed by atoms with van der Waals surface area (Å²) >= 11 is 0. The second-order valence-corrected chi connectivity index (χ2v) is 5.70. The number of carbonyl (C=O) groups excluding carboxylic acids is 1. The van der Waals surface area contributed by atoms with Gasteiger partial charge in [0.1, 0.15) is 0 Å². The number of fused-ring (bicyclic) bond motifs is 1. The maximum Gasteiger partial charge on any atom is 0.340 e. The summed E-state index contributed by atoms with van der Waals surface area (Å²) in [5.74, 6) is 0.210. The van der Waals surface area contributed by atoms with Crippen molar-refractivity contribution in [3.63, 3.8) is 0 Å². The Balaban J connectivity index is 1.61. The first-order valence-corrected chi connectivity index (χ1v) is 7.41. The number of nitrogens with one attached hydrogen (secondary N) is 3. The highest BCUT2D eigenvalue weighted by atomic mass is 16.5. The maximum absolute atomic E-state index is 12.2. The van der Waals surface area contributed by atoms with Crippen molar-refractivity contribution < 1.29 is 9.53 Å². The molecule has 0 radical (unpaired) electrons. The Morgan fingerprint density at radius 2 is 1.95 bits per heavy atom. The van der Waals surface area contributed by atoms with Crippen LogP contribution in [0.3, 0.4) is 0 Å². The smallest absolute Gasteiger partial charge is 0.340 e. The first kappa shape index (κ1) is 14.1. The normalized spacial score (nSPS) is 25.3. The summed E-state index contributed by atoms with van der Waals surface area (Å²) < 4.78 is 5.45. The highest BCUT2D eigenvalue weighted by Gasteiger charge is 2.29. The molecule has 0 aliphatic carbocycles. The molecule has 2 aromatic rings. The molecule has 3 N–H and O–H groups in total. The lowest BCUT2D eigenvalue weighted by Crippen LogP contribution is -2.30. The Hall–Kier alpha value is -1.85. The van der Waals surface area contributed by atoms with E-state index < -0.39 is 0 Å². The Morgan fingerprint density at radius 1 is 1.19 bits per heavy atom. The second kappa shape index (κ2) is 5.87. The van der Waals surface area contributed by atoms with Crippen LogP contribution in [0.2, 0.25) is 0 Å². The fraction of sp³-hybridized carbons (Fsp3) is 0.438. The number of H-pyrrole nitrogens is 1. The van der Waals surface area contributed by atoms with Gasteiger partial charge in [-0.25, -0.2) is 4.79 Å². The van der Waals surface area contributed by atoms with Crippen LogP contribution in [0.4, 0.5) is 0 Å². The average molecular weight is 287 g/mol. The molecular weight excluding hydrogens is 266 g/mol. The van der Waals surface area contributed by atoms with Gasteiger partial charge in [-0.3, -0.25) is 10.9 Å². The van der Waals surface area contributed by atoms with Gasteiger partial charge in [-0.1, -0.05) is 12.1 Å². The standard InChI is InChI=1S/C16H21N3O2/c1-10-13(11(2)19-18-10)7-9-21-16(20)14-5-3-4-12-6-8-17-15(12)14/h3-6,8,10-11,13,17-19H,7,9H2,1-2H3. The van der Waals surface area contributed by atoms with Gasteiger partial charge in [-0.05, 0) is 38.3 Å². The van der Waals surface area contributed by atoms with Gasteiger partial charge >= 0.3 is 5.97 Å². The van der Waals surface area contributed by atoms with Crippen molar-refractivity contribution in [1.29, 1.82) is 0 Å². The third-order valence-corrected chi connectivity index (χ3v) is 4.31. The molecule has 5 nitrogen and oxygen atoms in total. The summed E-state index contributed by atoms with van der Waals surface area (Å²) in [5.41, 5.74) is 7.87. The monoisotopic (exact) mass is 287 g/mol. The molecule has 112 valence electrons. The van der Waals surface area contributed by atoms with Crippen molar-refractivity contribution in [3.05, 3.63) is 36.0 Å². The topological polar surface area (TPSA) is 66.2 Å². The van der Waals surface area contributed by atoms with Crippen molar-refractivity contribution >= 4 is 16.9 Å². The van der Waals surface area contributed by atoms with E-state index in [4.69, 9.17) is 4.74 Å². The summed E-state index contributed by atoms with van der Waals surface area (Å²) in [4.78, 5) is 15.3. The number of para-hydroxylation sites is 1. The van der Waals surface area contributed by atoms with E-state index in [-0.39, 0.29) is 5.97 Å². The Labute approximate surface area is 124 Å². The predicted octanol–water partition coefficient (Wildman–Crippen LogP) is 2.22. The quantitative estimate of drug-likeness (QED) is 0.754. The van der Waals surface area contributed by atoms with Crippen LogP contribution in [0.25, 0.3) is 10.9 Å². The van der Waals surface area contributed by atoms with Crippen molar-refractivity contribution in [1.82, 2.24) is 15.8 Å². The van der Waals surface area contributed by atoms with Gasteiger partial charge in [0.25, 0.3) is 0 Å². The van der Waals surface area contributed by atoms with Crippen LogP contribution in [-0.4, -0.2) is 29.6 Å². The third-order valence-electron chi connectivity index (χ3n) is 4.31. The lowest BCUT2D eigenvalue weighted by molar-refractivity contribution is 0.0480. The SMILES string of the molecule is CC1NNC(C)C1CCOC(=O)c1cccc2cc[nH]c12. The molecule has 21 heavy (non-hydrogen) atoms. The number of benzene rings is 1. The first-order valence-electron chi connectivity index (χ1n) is 7.41. The number of rotatable bonds is 4. The number of esters is 1. The van der Waals surface area contributed by atoms with E-state index in [1.807, 2.05) is 24.4 Å². The van der Waals surface area contributed by atoms with Gasteiger partial charge in [0.2, 0.25) is 0 Å². The van der Waals surface area contributed by atoms with Crippen LogP contribution >= 0.6 is 0 Å². The van der Waals surface area contributed by atoms with Crippen LogP contribution in [0.5, 0.6) is 0 Å². The second-order valence-electron chi connectivity index (χ2n) is 5.70. The molecule has 5 heteroatoms. The minimum Gasteiger partial charge on any atom is -0.462 e. The fourth-order valence-electron chi connectivity index (χ4n) is 3.03. The molecular formula is C16H21N3O2. The van der Waals surface area contributed by atoms with E-state index >= 15 is 0 Å². The molecule has 1 aliphatic heterocycles. The number of aromatic nitrogens is 1. The van der Waals surface area contributed by atoms with E-state index in [1.165, 1.54) is 0 Å². The molecule has 1 aliphatic rings. The lowest BCUT2D eigenvalue weighted by atomic mass is 9.94. The number of hydrazine groups is 1. The molecule has 0 bridgehead atoms. The van der Waals surface area contributed by atoms with E-state index in [1.54, 1.807) is 6.07 Å². The highest BCUT2D eigenvalue weighted by Crippen LogP contribution is 2.20. The van der Waals surface area contributed by atoms with Gasteiger partial charge < -0.3 is 9.72 Å². The van der Waals surface area contributed by atoms with Crippen molar-refractivity contribution in [2.75, 3.05) is 6.61 Å². The van der Waals surface area contributed by atoms with E-state index in [2.05, 4.69) is 29.7 Å². The molecule has 0 spiro atoms. The number of hydrogen-bond donors (Lipinski definition) is 3. The molecule has 1 aromatic carbocycles. The molecule has 1 aromatic heterocycles. The fourth-order valence-corrected chi connectivity index (χ4v) is 3.03. The number of carbonyl (C=O) groups is 1. The first-order chi connectivity index (χ1) is 10.2. The van der Waals surface area contributed by atoms with E-state index in [0.717, 1.165) is 17.3 Å². The minimum atomic E-state index is -0.262. The van der Waals surface area contributed by atoms with Gasteiger partial charge in [-0.2, -0.15) is 0 Å². The lowest BCUT2D eigenvalue weighted by Gasteiger charge is -2.17. The molecule has 2 unspecified atom stereocenters. The van der Waals surface area contributed by atoms with E-state index in [9.17, 15) is 4.79 Å². The Bertz CT molecular complexity index is 627. The van der Waals surface area contributed by atoms with Crippen LogP contribution in [0.1, 0.15) is 30.6 Å². The zero-order valence-corrected chi connectivity index (χ0v) is 12.3. The van der Waals surface area contributed by atoms with Gasteiger partial charge in [-0.15, -0.1) is 0 Å². The van der Waals surface area contributed by atoms with Crippen molar-refractivity contribution in [3.8, 4) is 0 Å². The minimum absolute atomic E-state index is 0.262. The van der Waals surface area contributed by atoms with Gasteiger partial charge in [0.15, 0.2) is 0 Å². The van der Waals surface area contributed by atoms with Crippen molar-refractivity contribution in [2.45, 2.75) is 32.4 Å². The van der Waals surface area contributed by atoms with Gasteiger partial charge in [0, 0.05) is 23.7 Å². The summed E-state index contributed by atoms with van der Waals surface area (Å²) in [6.07, 6.45) is 2.69. The summed E-state index contributed by atoms with van der Waals surface area (Å²) in [6, 6.07) is 8.39. The highest BCUT2D eigenvalue weighted by molar-refractivity contribution is 6.02. The van der Waals surface area contributed by atoms with Crippen LogP contribution in [0, 0.1) is 5.92 Å². The summed E-state index contributed by atoms with van der Waals surface area (Å²) in [5, 5.41) is 1.02. The number of aromatic amines is 1. The number of hydrogen-bond acceptors (Lipinski definition) is 4. The summed E-state index contributed by atoms with van der Waals surface area (Å²) in [6.45, 7) is 4.73. The van der Waals surface area contributed by atoms with Crippen LogP contribution < -0.4 is 10.9 Å². The average Bonchev–Trinajstić information content (AvgIpc) is 3.07. The van der Waals surface area contributed by atoms with Gasteiger partial charge in [0.05, 0.1) is 17.7 Å². The molecule has 2 atom stereocenters. The third kappa shape index (κ3) is 2.80. The summed E-state index contributed by atoms with van der Waals surface area (Å²) in [7, 11) is 0. The number of ether oxygens (including phenoxy) is 1. The van der Waals surface area contributed by atoms with Crippen LogP contribution in [-0.2, 0) is 4.74 Å². The maximum atomic E-state index is 12.2.